The van der Waals surface area contributed by atoms with Gasteiger partial charge in [-0.1, -0.05) is 31.2 Å². The van der Waals surface area contributed by atoms with Crippen LogP contribution in [0, 0.1) is 6.92 Å². The Morgan fingerprint density at radius 3 is 2.38 bits per heavy atom. The van der Waals surface area contributed by atoms with Gasteiger partial charge in [0.05, 0.1) is 0 Å². The van der Waals surface area contributed by atoms with Crippen molar-refractivity contribution >= 4 is 34.8 Å². The molecule has 1 heterocycles. The number of hydrogen-bond acceptors (Lipinski definition) is 3. The number of amides is 3. The summed E-state index contributed by atoms with van der Waals surface area (Å²) in [7, 11) is 0. The van der Waals surface area contributed by atoms with Crippen molar-refractivity contribution < 1.29 is 14.4 Å². The Bertz CT molecular complexity index is 1190. The smallest absolute Gasteiger partial charge is 0.255 e. The Morgan fingerprint density at radius 2 is 1.62 bits per heavy atom. The first-order chi connectivity index (χ1) is 15.5. The number of benzene rings is 3. The van der Waals surface area contributed by atoms with Gasteiger partial charge in [0, 0.05) is 41.2 Å². The maximum Gasteiger partial charge on any atom is 0.255 e. The fraction of sp³-hybridized carbons (Fsp3) is 0.192. The van der Waals surface area contributed by atoms with E-state index < -0.39 is 0 Å². The third kappa shape index (κ3) is 4.39. The highest BCUT2D eigenvalue weighted by molar-refractivity contribution is 6.07. The number of rotatable bonds is 5. The summed E-state index contributed by atoms with van der Waals surface area (Å²) in [4.78, 5) is 39.2. The van der Waals surface area contributed by atoms with E-state index in [0.717, 1.165) is 23.2 Å². The van der Waals surface area contributed by atoms with Crippen LogP contribution in [0.1, 0.15) is 45.2 Å². The molecule has 0 radical (unpaired) electrons. The normalized spacial score (nSPS) is 12.2. The number of carbonyl (C=O) groups excluding carboxylic acids is 3. The molecule has 3 aromatic carbocycles. The summed E-state index contributed by atoms with van der Waals surface area (Å²) in [5.74, 6) is -0.356. The molecule has 0 aromatic heterocycles. The van der Waals surface area contributed by atoms with E-state index in [1.165, 1.54) is 0 Å². The Labute approximate surface area is 187 Å². The third-order valence-corrected chi connectivity index (χ3v) is 5.62. The molecular weight excluding hydrogens is 402 g/mol. The maximum atomic E-state index is 12.9. The lowest BCUT2D eigenvalue weighted by atomic mass is 10.1. The molecule has 0 unspecified atom stereocenters. The van der Waals surface area contributed by atoms with E-state index in [-0.39, 0.29) is 17.7 Å². The average molecular weight is 428 g/mol. The van der Waals surface area contributed by atoms with Crippen LogP contribution in [0.15, 0.2) is 66.7 Å². The summed E-state index contributed by atoms with van der Waals surface area (Å²) in [5, 5.41) is 5.81. The average Bonchev–Trinajstić information content (AvgIpc) is 3.24. The van der Waals surface area contributed by atoms with Crippen LogP contribution >= 0.6 is 0 Å². The zero-order chi connectivity index (χ0) is 22.7. The number of hydrogen-bond donors (Lipinski definition) is 2. The van der Waals surface area contributed by atoms with Crippen LogP contribution in [0.4, 0.5) is 17.1 Å². The van der Waals surface area contributed by atoms with Crippen molar-refractivity contribution in [1.29, 1.82) is 0 Å². The molecule has 2 N–H and O–H groups in total. The SMILES string of the molecule is CCC(=O)N1CCc2cc(C(=O)Nc3cc(NC(=O)c4ccccc4)ccc3C)ccc21. The summed E-state index contributed by atoms with van der Waals surface area (Å²) in [6.45, 7) is 4.39. The summed E-state index contributed by atoms with van der Waals surface area (Å²) in [5.41, 5.74) is 5.10. The number of nitrogens with zero attached hydrogens (tertiary/aromatic N) is 1. The molecule has 1 aliphatic heterocycles. The van der Waals surface area contributed by atoms with Gasteiger partial charge in [-0.25, -0.2) is 0 Å². The molecule has 0 aliphatic carbocycles. The monoisotopic (exact) mass is 427 g/mol. The molecule has 0 saturated heterocycles. The topological polar surface area (TPSA) is 78.5 Å². The molecular formula is C26H25N3O3. The fourth-order valence-electron chi connectivity index (χ4n) is 3.81. The summed E-state index contributed by atoms with van der Waals surface area (Å²) < 4.78 is 0. The van der Waals surface area contributed by atoms with Gasteiger partial charge in [-0.05, 0) is 66.9 Å². The highest BCUT2D eigenvalue weighted by Gasteiger charge is 2.24. The van der Waals surface area contributed by atoms with E-state index in [1.54, 1.807) is 35.2 Å². The number of fused-ring (bicyclic) bond motifs is 1. The Balaban J connectivity index is 1.49. The molecule has 0 spiro atoms. The van der Waals surface area contributed by atoms with Crippen molar-refractivity contribution in [3.8, 4) is 0 Å². The van der Waals surface area contributed by atoms with Crippen LogP contribution in [0.5, 0.6) is 0 Å². The second kappa shape index (κ2) is 9.06. The molecule has 0 bridgehead atoms. The first-order valence-electron chi connectivity index (χ1n) is 10.7. The van der Waals surface area contributed by atoms with Crippen LogP contribution in [0.25, 0.3) is 0 Å². The fourth-order valence-corrected chi connectivity index (χ4v) is 3.81. The van der Waals surface area contributed by atoms with Gasteiger partial charge in [-0.2, -0.15) is 0 Å². The molecule has 6 nitrogen and oxygen atoms in total. The minimum Gasteiger partial charge on any atom is -0.322 e. The largest absolute Gasteiger partial charge is 0.322 e. The predicted molar refractivity (Wildman–Crippen MR) is 126 cm³/mol. The van der Waals surface area contributed by atoms with Gasteiger partial charge in [-0.15, -0.1) is 0 Å². The van der Waals surface area contributed by atoms with Crippen molar-refractivity contribution in [1.82, 2.24) is 0 Å². The van der Waals surface area contributed by atoms with Crippen LogP contribution in [0.3, 0.4) is 0 Å². The third-order valence-electron chi connectivity index (χ3n) is 5.62. The van der Waals surface area contributed by atoms with E-state index in [0.29, 0.717) is 35.5 Å². The van der Waals surface area contributed by atoms with Crippen LogP contribution < -0.4 is 15.5 Å². The molecule has 6 heteroatoms. The van der Waals surface area contributed by atoms with Crippen molar-refractivity contribution in [3.05, 3.63) is 89.0 Å². The van der Waals surface area contributed by atoms with E-state index in [9.17, 15) is 14.4 Å². The first-order valence-corrected chi connectivity index (χ1v) is 10.7. The lowest BCUT2D eigenvalue weighted by Gasteiger charge is -2.16. The zero-order valence-corrected chi connectivity index (χ0v) is 18.1. The van der Waals surface area contributed by atoms with E-state index in [2.05, 4.69) is 10.6 Å². The van der Waals surface area contributed by atoms with E-state index in [1.807, 2.05) is 50.2 Å². The summed E-state index contributed by atoms with van der Waals surface area (Å²) in [6, 6.07) is 19.8. The standard InChI is InChI=1S/C26H25N3O3/c1-3-24(30)29-14-13-19-15-20(10-12-23(19)29)26(32)28-22-16-21(11-9-17(22)2)27-25(31)18-7-5-4-6-8-18/h4-12,15-16H,3,13-14H2,1-2H3,(H,27,31)(H,28,32). The minimum absolute atomic E-state index is 0.0888. The van der Waals surface area contributed by atoms with Crippen molar-refractivity contribution in [2.75, 3.05) is 22.1 Å². The Kier molecular flexibility index (Phi) is 6.03. The zero-order valence-electron chi connectivity index (χ0n) is 18.1. The second-order valence-corrected chi connectivity index (χ2v) is 7.80. The van der Waals surface area contributed by atoms with E-state index in [4.69, 9.17) is 0 Å². The van der Waals surface area contributed by atoms with Gasteiger partial charge in [0.1, 0.15) is 0 Å². The molecule has 1 aliphatic rings. The minimum atomic E-state index is -0.234. The van der Waals surface area contributed by atoms with Gasteiger partial charge in [0.2, 0.25) is 5.91 Å². The van der Waals surface area contributed by atoms with Gasteiger partial charge in [0.25, 0.3) is 11.8 Å². The van der Waals surface area contributed by atoms with Crippen LogP contribution in [0.2, 0.25) is 0 Å². The highest BCUT2D eigenvalue weighted by atomic mass is 16.2. The lowest BCUT2D eigenvalue weighted by molar-refractivity contribution is -0.118. The number of anilines is 3. The van der Waals surface area contributed by atoms with E-state index >= 15 is 0 Å². The van der Waals surface area contributed by atoms with Gasteiger partial charge in [-0.3, -0.25) is 14.4 Å². The molecule has 3 amide bonds. The highest BCUT2D eigenvalue weighted by Crippen LogP contribution is 2.30. The summed E-state index contributed by atoms with van der Waals surface area (Å²) >= 11 is 0. The maximum absolute atomic E-state index is 12.9. The molecule has 4 rings (SSSR count). The number of aryl methyl sites for hydroxylation is 1. The van der Waals surface area contributed by atoms with Crippen molar-refractivity contribution in [3.63, 3.8) is 0 Å². The molecule has 0 atom stereocenters. The second-order valence-electron chi connectivity index (χ2n) is 7.80. The van der Waals surface area contributed by atoms with Crippen molar-refractivity contribution in [2.24, 2.45) is 0 Å². The number of carbonyl (C=O) groups is 3. The van der Waals surface area contributed by atoms with Crippen LogP contribution in [-0.4, -0.2) is 24.3 Å². The van der Waals surface area contributed by atoms with Gasteiger partial charge < -0.3 is 15.5 Å². The molecule has 0 saturated carbocycles. The molecule has 32 heavy (non-hydrogen) atoms. The lowest BCUT2D eigenvalue weighted by Crippen LogP contribution is -2.27. The quantitative estimate of drug-likeness (QED) is 0.614. The molecule has 3 aromatic rings. The molecule has 162 valence electrons. The van der Waals surface area contributed by atoms with Crippen LogP contribution in [-0.2, 0) is 11.2 Å². The molecule has 0 fully saturated rings. The Hall–Kier alpha value is -3.93. The Morgan fingerprint density at radius 1 is 0.875 bits per heavy atom. The van der Waals surface area contributed by atoms with Gasteiger partial charge in [0.15, 0.2) is 0 Å². The van der Waals surface area contributed by atoms with Crippen molar-refractivity contribution in [2.45, 2.75) is 26.7 Å². The predicted octanol–water partition coefficient (Wildman–Crippen LogP) is 4.80. The van der Waals surface area contributed by atoms with Gasteiger partial charge >= 0.3 is 0 Å². The first kappa shape index (κ1) is 21.3. The number of nitrogens with one attached hydrogen (secondary N) is 2. The summed E-state index contributed by atoms with van der Waals surface area (Å²) in [6.07, 6.45) is 1.19.